The van der Waals surface area contributed by atoms with E-state index in [1.807, 2.05) is 7.05 Å². The van der Waals surface area contributed by atoms with Crippen LogP contribution in [0.4, 0.5) is 0 Å². The Morgan fingerprint density at radius 2 is 1.81 bits per heavy atom. The number of hydrogen-bond acceptors (Lipinski definition) is 2. The van der Waals surface area contributed by atoms with E-state index in [0.717, 1.165) is 19.4 Å². The van der Waals surface area contributed by atoms with Crippen LogP contribution in [0.5, 0.6) is 0 Å². The van der Waals surface area contributed by atoms with Gasteiger partial charge >= 0.3 is 0 Å². The van der Waals surface area contributed by atoms with Crippen LogP contribution in [0.2, 0.25) is 0 Å². The van der Waals surface area contributed by atoms with Crippen molar-refractivity contribution < 1.29 is 4.79 Å². The maximum absolute atomic E-state index is 11.4. The lowest BCUT2D eigenvalue weighted by molar-refractivity contribution is -0.121. The van der Waals surface area contributed by atoms with Crippen LogP contribution in [0.15, 0.2) is 0 Å². The van der Waals surface area contributed by atoms with E-state index in [2.05, 4.69) is 31.4 Å². The van der Waals surface area contributed by atoms with Crippen molar-refractivity contribution in [3.05, 3.63) is 0 Å². The van der Waals surface area contributed by atoms with Crippen LogP contribution in [0.3, 0.4) is 0 Å². The van der Waals surface area contributed by atoms with Gasteiger partial charge in [-0.3, -0.25) is 4.79 Å². The highest BCUT2D eigenvalue weighted by molar-refractivity contribution is 5.85. The summed E-state index contributed by atoms with van der Waals surface area (Å²) in [5.41, 5.74) is 0. The smallest absolute Gasteiger partial charge is 0.220 e. The van der Waals surface area contributed by atoms with Gasteiger partial charge in [-0.15, -0.1) is 12.4 Å². The molecule has 3 nitrogen and oxygen atoms in total. The summed E-state index contributed by atoms with van der Waals surface area (Å²) in [4.78, 5) is 11.4. The maximum Gasteiger partial charge on any atom is 0.220 e. The Morgan fingerprint density at radius 3 is 2.31 bits per heavy atom. The fourth-order valence-electron chi connectivity index (χ4n) is 1.43. The zero-order chi connectivity index (χ0) is 11.7. The van der Waals surface area contributed by atoms with Gasteiger partial charge < -0.3 is 10.6 Å². The van der Waals surface area contributed by atoms with Crippen molar-refractivity contribution in [2.24, 2.45) is 5.92 Å². The molecule has 0 spiro atoms. The lowest BCUT2D eigenvalue weighted by atomic mass is 10.0. The maximum atomic E-state index is 11.4. The third kappa shape index (κ3) is 11.8. The average Bonchev–Trinajstić information content (AvgIpc) is 2.15. The molecule has 0 saturated carbocycles. The molecule has 0 radical (unpaired) electrons. The van der Waals surface area contributed by atoms with E-state index in [0.29, 0.717) is 18.4 Å². The normalized spacial score (nSPS) is 12.1. The minimum atomic E-state index is 0. The average molecular weight is 251 g/mol. The number of amides is 1. The number of carbonyl (C=O) groups is 1. The molecule has 4 heteroatoms. The molecule has 0 aromatic heterocycles. The van der Waals surface area contributed by atoms with Gasteiger partial charge in [-0.05, 0) is 45.7 Å². The highest BCUT2D eigenvalue weighted by Crippen LogP contribution is 2.06. The topological polar surface area (TPSA) is 41.1 Å². The Morgan fingerprint density at radius 1 is 1.19 bits per heavy atom. The highest BCUT2D eigenvalue weighted by atomic mass is 35.5. The van der Waals surface area contributed by atoms with Crippen molar-refractivity contribution >= 4 is 18.3 Å². The second kappa shape index (κ2) is 11.2. The Balaban J connectivity index is 0. The molecule has 0 aliphatic heterocycles. The standard InChI is InChI=1S/C12H26N2O.ClH/c1-10(2)7-8-11(3)14-12(15)6-5-9-13-4;/h10-11,13H,5-9H2,1-4H3,(H,14,15);1H. The van der Waals surface area contributed by atoms with Crippen molar-refractivity contribution in [2.45, 2.75) is 52.5 Å². The molecule has 0 bridgehead atoms. The zero-order valence-corrected chi connectivity index (χ0v) is 11.8. The molecule has 1 atom stereocenters. The van der Waals surface area contributed by atoms with Crippen molar-refractivity contribution in [3.8, 4) is 0 Å². The van der Waals surface area contributed by atoms with Gasteiger partial charge in [0.15, 0.2) is 0 Å². The van der Waals surface area contributed by atoms with Crippen molar-refractivity contribution in [1.29, 1.82) is 0 Å². The molecule has 1 unspecified atom stereocenters. The Labute approximate surface area is 106 Å². The first kappa shape index (κ1) is 18.1. The van der Waals surface area contributed by atoms with Gasteiger partial charge in [-0.2, -0.15) is 0 Å². The summed E-state index contributed by atoms with van der Waals surface area (Å²) < 4.78 is 0. The van der Waals surface area contributed by atoms with E-state index in [1.165, 1.54) is 6.42 Å². The fourth-order valence-corrected chi connectivity index (χ4v) is 1.43. The first-order valence-electron chi connectivity index (χ1n) is 6.00. The van der Waals surface area contributed by atoms with Gasteiger partial charge in [0.2, 0.25) is 5.91 Å². The number of nitrogens with one attached hydrogen (secondary N) is 2. The van der Waals surface area contributed by atoms with E-state index in [4.69, 9.17) is 0 Å². The summed E-state index contributed by atoms with van der Waals surface area (Å²) in [6.07, 6.45) is 3.81. The Kier molecular flexibility index (Phi) is 12.7. The molecular formula is C12H27ClN2O. The molecule has 0 aromatic carbocycles. The van der Waals surface area contributed by atoms with E-state index in [1.54, 1.807) is 0 Å². The van der Waals surface area contributed by atoms with Crippen LogP contribution >= 0.6 is 12.4 Å². The van der Waals surface area contributed by atoms with E-state index in [-0.39, 0.29) is 18.3 Å². The molecule has 0 aliphatic rings. The van der Waals surface area contributed by atoms with Gasteiger partial charge in [0.05, 0.1) is 0 Å². The number of hydrogen-bond donors (Lipinski definition) is 2. The van der Waals surface area contributed by atoms with Crippen LogP contribution in [0.25, 0.3) is 0 Å². The Hall–Kier alpha value is -0.280. The summed E-state index contributed by atoms with van der Waals surface area (Å²) >= 11 is 0. The molecule has 0 aliphatic carbocycles. The van der Waals surface area contributed by atoms with Gasteiger partial charge in [0, 0.05) is 12.5 Å². The van der Waals surface area contributed by atoms with Crippen LogP contribution in [0.1, 0.15) is 46.5 Å². The molecule has 0 heterocycles. The third-order valence-electron chi connectivity index (χ3n) is 2.42. The molecule has 0 rings (SSSR count). The van der Waals surface area contributed by atoms with Gasteiger partial charge in [-0.1, -0.05) is 13.8 Å². The molecule has 1 amide bonds. The Bertz CT molecular complexity index is 174. The molecule has 16 heavy (non-hydrogen) atoms. The van der Waals surface area contributed by atoms with Crippen molar-refractivity contribution in [1.82, 2.24) is 10.6 Å². The minimum absolute atomic E-state index is 0. The molecule has 98 valence electrons. The largest absolute Gasteiger partial charge is 0.354 e. The van der Waals surface area contributed by atoms with Gasteiger partial charge in [0.25, 0.3) is 0 Å². The number of halogens is 1. The highest BCUT2D eigenvalue weighted by Gasteiger charge is 2.07. The summed E-state index contributed by atoms with van der Waals surface area (Å²) in [5, 5.41) is 6.06. The number of rotatable bonds is 8. The molecular weight excluding hydrogens is 224 g/mol. The molecule has 0 fully saturated rings. The van der Waals surface area contributed by atoms with Crippen LogP contribution in [-0.2, 0) is 4.79 Å². The van der Waals surface area contributed by atoms with Crippen molar-refractivity contribution in [2.75, 3.05) is 13.6 Å². The summed E-state index contributed by atoms with van der Waals surface area (Å²) in [6.45, 7) is 7.41. The van der Waals surface area contributed by atoms with Crippen molar-refractivity contribution in [3.63, 3.8) is 0 Å². The van der Waals surface area contributed by atoms with E-state index in [9.17, 15) is 4.79 Å². The molecule has 0 saturated heterocycles. The first-order chi connectivity index (χ1) is 7.06. The fraction of sp³-hybridized carbons (Fsp3) is 0.917. The molecule has 0 aromatic rings. The van der Waals surface area contributed by atoms with E-state index < -0.39 is 0 Å². The SMILES string of the molecule is CNCCCC(=O)NC(C)CCC(C)C.Cl. The van der Waals surface area contributed by atoms with Crippen LogP contribution in [-0.4, -0.2) is 25.5 Å². The van der Waals surface area contributed by atoms with Gasteiger partial charge in [0.1, 0.15) is 0 Å². The first-order valence-corrected chi connectivity index (χ1v) is 6.00. The summed E-state index contributed by atoms with van der Waals surface area (Å²) in [5.74, 6) is 0.898. The van der Waals surface area contributed by atoms with E-state index >= 15 is 0 Å². The second-order valence-electron chi connectivity index (χ2n) is 4.65. The predicted molar refractivity (Wildman–Crippen MR) is 72.1 cm³/mol. The minimum Gasteiger partial charge on any atom is -0.354 e. The quantitative estimate of drug-likeness (QED) is 0.650. The summed E-state index contributed by atoms with van der Waals surface area (Å²) in [6, 6.07) is 0.314. The van der Waals surface area contributed by atoms with Gasteiger partial charge in [-0.25, -0.2) is 0 Å². The zero-order valence-electron chi connectivity index (χ0n) is 11.0. The second-order valence-corrected chi connectivity index (χ2v) is 4.65. The van der Waals surface area contributed by atoms with Crippen LogP contribution in [0, 0.1) is 5.92 Å². The number of carbonyl (C=O) groups excluding carboxylic acids is 1. The predicted octanol–water partition coefficient (Wildman–Crippen LogP) is 2.35. The summed E-state index contributed by atoms with van der Waals surface area (Å²) in [7, 11) is 1.91. The monoisotopic (exact) mass is 250 g/mol. The third-order valence-corrected chi connectivity index (χ3v) is 2.42. The lowest BCUT2D eigenvalue weighted by Crippen LogP contribution is -2.32. The van der Waals surface area contributed by atoms with Crippen LogP contribution < -0.4 is 10.6 Å². The molecule has 2 N–H and O–H groups in total. The lowest BCUT2D eigenvalue weighted by Gasteiger charge is -2.14.